The summed E-state index contributed by atoms with van der Waals surface area (Å²) >= 11 is 1.43. The van der Waals surface area contributed by atoms with Gasteiger partial charge >= 0.3 is 0 Å². The molecule has 1 aromatic carbocycles. The van der Waals surface area contributed by atoms with Gasteiger partial charge < -0.3 is 4.90 Å². The summed E-state index contributed by atoms with van der Waals surface area (Å²) in [6, 6.07) is 9.22. The van der Waals surface area contributed by atoms with Gasteiger partial charge in [-0.3, -0.25) is 4.79 Å². The van der Waals surface area contributed by atoms with Crippen molar-refractivity contribution in [1.82, 2.24) is 19.7 Å². The summed E-state index contributed by atoms with van der Waals surface area (Å²) in [5, 5.41) is 6.24. The lowest BCUT2D eigenvalue weighted by Gasteiger charge is -2.25. The topological polar surface area (TPSA) is 85.2 Å². The molecule has 1 fully saturated rings. The third-order valence-corrected chi connectivity index (χ3v) is 7.46. The van der Waals surface area contributed by atoms with Crippen molar-refractivity contribution in [1.29, 1.82) is 0 Å². The highest BCUT2D eigenvalue weighted by Crippen LogP contribution is 2.27. The van der Waals surface area contributed by atoms with Crippen molar-refractivity contribution >= 4 is 27.1 Å². The number of nitrogens with zero attached hydrogens (tertiary/aromatic N) is 4. The summed E-state index contributed by atoms with van der Waals surface area (Å²) in [7, 11) is -3.13. The first-order valence-electron chi connectivity index (χ1n) is 9.16. The van der Waals surface area contributed by atoms with E-state index in [0.717, 1.165) is 4.88 Å². The minimum atomic E-state index is -3.13. The van der Waals surface area contributed by atoms with Gasteiger partial charge in [-0.1, -0.05) is 12.1 Å². The van der Waals surface area contributed by atoms with Crippen molar-refractivity contribution in [3.8, 4) is 16.4 Å². The minimum absolute atomic E-state index is 0.0381. The highest BCUT2D eigenvalue weighted by Gasteiger charge is 2.35. The molecule has 0 unspecified atom stereocenters. The second-order valence-corrected chi connectivity index (χ2v) is 9.95. The maximum atomic E-state index is 13.8. The third kappa shape index (κ3) is 3.95. The van der Waals surface area contributed by atoms with Crippen LogP contribution in [-0.4, -0.2) is 58.1 Å². The van der Waals surface area contributed by atoms with Crippen LogP contribution in [0.1, 0.15) is 24.0 Å². The van der Waals surface area contributed by atoms with Gasteiger partial charge in [0.05, 0.1) is 22.1 Å². The molecule has 0 radical (unpaired) electrons. The van der Waals surface area contributed by atoms with Gasteiger partial charge in [0.2, 0.25) is 5.82 Å². The number of hydrogen-bond donors (Lipinski definition) is 0. The van der Waals surface area contributed by atoms with Gasteiger partial charge in [-0.2, -0.15) is 0 Å². The summed E-state index contributed by atoms with van der Waals surface area (Å²) in [4.78, 5) is 19.9. The lowest BCUT2D eigenvalue weighted by atomic mass is 10.2. The van der Waals surface area contributed by atoms with Crippen molar-refractivity contribution < 1.29 is 17.6 Å². The van der Waals surface area contributed by atoms with Crippen molar-refractivity contribution in [2.24, 2.45) is 0 Å². The SMILES string of the molecule is CCN(C(=O)c1nc(-c2cccs2)n(-c2cccc(F)c2)n1)[C@@H]1CCS(=O)(=O)C1. The van der Waals surface area contributed by atoms with E-state index in [1.54, 1.807) is 19.1 Å². The molecule has 10 heteroatoms. The molecule has 1 atom stereocenters. The lowest BCUT2D eigenvalue weighted by Crippen LogP contribution is -2.41. The summed E-state index contributed by atoms with van der Waals surface area (Å²) in [6.45, 7) is 2.15. The lowest BCUT2D eigenvalue weighted by molar-refractivity contribution is 0.0696. The van der Waals surface area contributed by atoms with Gasteiger partial charge in [0.1, 0.15) is 5.82 Å². The van der Waals surface area contributed by atoms with E-state index in [9.17, 15) is 17.6 Å². The summed E-state index contributed by atoms with van der Waals surface area (Å²) in [5.74, 6) is -0.424. The zero-order chi connectivity index (χ0) is 20.6. The van der Waals surface area contributed by atoms with E-state index < -0.39 is 21.6 Å². The highest BCUT2D eigenvalue weighted by atomic mass is 32.2. The maximum Gasteiger partial charge on any atom is 0.293 e. The average molecular weight is 435 g/mol. The Labute approximate surface area is 171 Å². The minimum Gasteiger partial charge on any atom is -0.332 e. The van der Waals surface area contributed by atoms with Gasteiger partial charge in [-0.15, -0.1) is 16.4 Å². The summed E-state index contributed by atoms with van der Waals surface area (Å²) < 4.78 is 38.9. The Morgan fingerprint density at radius 2 is 2.17 bits per heavy atom. The first kappa shape index (κ1) is 19.7. The van der Waals surface area contributed by atoms with Crippen LogP contribution in [0.5, 0.6) is 0 Å². The van der Waals surface area contributed by atoms with E-state index in [1.807, 2.05) is 17.5 Å². The molecule has 3 aromatic rings. The van der Waals surface area contributed by atoms with Crippen LogP contribution in [0.3, 0.4) is 0 Å². The second-order valence-electron chi connectivity index (χ2n) is 6.78. The molecule has 7 nitrogen and oxygen atoms in total. The Kier molecular flexibility index (Phi) is 5.22. The molecule has 29 heavy (non-hydrogen) atoms. The van der Waals surface area contributed by atoms with Crippen molar-refractivity contribution in [3.63, 3.8) is 0 Å². The molecule has 1 amide bonds. The number of carbonyl (C=O) groups excluding carboxylic acids is 1. The molecule has 3 heterocycles. The van der Waals surface area contributed by atoms with E-state index in [0.29, 0.717) is 24.5 Å². The number of halogens is 1. The zero-order valence-electron chi connectivity index (χ0n) is 15.7. The van der Waals surface area contributed by atoms with Gasteiger partial charge in [-0.05, 0) is 43.0 Å². The third-order valence-electron chi connectivity index (χ3n) is 4.84. The van der Waals surface area contributed by atoms with Crippen molar-refractivity contribution in [2.75, 3.05) is 18.1 Å². The van der Waals surface area contributed by atoms with Crippen LogP contribution < -0.4 is 0 Å². The number of sulfone groups is 1. The molecule has 0 bridgehead atoms. The molecule has 1 aliphatic heterocycles. The number of rotatable bonds is 5. The number of benzene rings is 1. The first-order valence-corrected chi connectivity index (χ1v) is 11.9. The van der Waals surface area contributed by atoms with Gasteiger partial charge in [0.25, 0.3) is 5.91 Å². The van der Waals surface area contributed by atoms with Crippen LogP contribution in [0, 0.1) is 5.82 Å². The Morgan fingerprint density at radius 3 is 2.79 bits per heavy atom. The Balaban J connectivity index is 1.74. The molecule has 0 spiro atoms. The standard InChI is InChI=1S/C19H19FN4O3S2/c1-2-23(15-8-10-29(26,27)12-15)19(25)17-21-18(16-7-4-9-28-16)24(22-17)14-6-3-5-13(20)11-14/h3-7,9,11,15H,2,8,10,12H2,1H3/t15-/m1/s1. The Bertz CT molecular complexity index is 1140. The van der Waals surface area contributed by atoms with Crippen molar-refractivity contribution in [2.45, 2.75) is 19.4 Å². The molecule has 0 aliphatic carbocycles. The number of carbonyl (C=O) groups is 1. The van der Waals surface area contributed by atoms with Crippen LogP contribution in [0.2, 0.25) is 0 Å². The van der Waals surface area contributed by atoms with Gasteiger partial charge in [-0.25, -0.2) is 22.5 Å². The molecule has 152 valence electrons. The fourth-order valence-corrected chi connectivity index (χ4v) is 5.90. The van der Waals surface area contributed by atoms with Crippen molar-refractivity contribution in [3.05, 3.63) is 53.4 Å². The smallest absolute Gasteiger partial charge is 0.293 e. The molecular weight excluding hydrogens is 415 g/mol. The predicted octanol–water partition coefficient (Wildman–Crippen LogP) is 2.78. The predicted molar refractivity (Wildman–Crippen MR) is 108 cm³/mol. The number of hydrogen-bond acceptors (Lipinski definition) is 6. The second kappa shape index (κ2) is 7.68. The molecule has 4 rings (SSSR count). The molecule has 2 aromatic heterocycles. The molecule has 1 aliphatic rings. The first-order chi connectivity index (χ1) is 13.9. The normalized spacial score (nSPS) is 18.1. The quantitative estimate of drug-likeness (QED) is 0.616. The van der Waals surface area contributed by atoms with Crippen LogP contribution in [0.25, 0.3) is 16.4 Å². The highest BCUT2D eigenvalue weighted by molar-refractivity contribution is 7.91. The van der Waals surface area contributed by atoms with E-state index in [4.69, 9.17) is 0 Å². The van der Waals surface area contributed by atoms with E-state index in [2.05, 4.69) is 10.1 Å². The van der Waals surface area contributed by atoms with E-state index >= 15 is 0 Å². The maximum absolute atomic E-state index is 13.8. The van der Waals surface area contributed by atoms with Crippen LogP contribution in [0.4, 0.5) is 4.39 Å². The van der Waals surface area contributed by atoms with Crippen LogP contribution in [0.15, 0.2) is 41.8 Å². The van der Waals surface area contributed by atoms with Crippen LogP contribution in [-0.2, 0) is 9.84 Å². The summed E-state index contributed by atoms with van der Waals surface area (Å²) in [6.07, 6.45) is 0.407. The van der Waals surface area contributed by atoms with Gasteiger partial charge in [0.15, 0.2) is 15.7 Å². The monoisotopic (exact) mass is 434 g/mol. The average Bonchev–Trinajstić information content (AvgIpc) is 3.41. The molecule has 0 saturated carbocycles. The van der Waals surface area contributed by atoms with Gasteiger partial charge in [0, 0.05) is 12.6 Å². The molecular formula is C19H19FN4O3S2. The fraction of sp³-hybridized carbons (Fsp3) is 0.316. The number of aromatic nitrogens is 3. The Hall–Kier alpha value is -2.59. The number of thiophene rings is 1. The largest absolute Gasteiger partial charge is 0.332 e. The number of amides is 1. The van der Waals surface area contributed by atoms with E-state index in [-0.39, 0.29) is 23.4 Å². The molecule has 0 N–H and O–H groups in total. The zero-order valence-corrected chi connectivity index (χ0v) is 17.3. The molecule has 1 saturated heterocycles. The summed E-state index contributed by atoms with van der Waals surface area (Å²) in [5.41, 5.74) is 0.450. The van der Waals surface area contributed by atoms with E-state index in [1.165, 1.54) is 33.1 Å². The fourth-order valence-electron chi connectivity index (χ4n) is 3.47. The van der Waals surface area contributed by atoms with Crippen LogP contribution >= 0.6 is 11.3 Å². The Morgan fingerprint density at radius 1 is 1.34 bits per heavy atom.